The van der Waals surface area contributed by atoms with Gasteiger partial charge in [0.2, 0.25) is 0 Å². The van der Waals surface area contributed by atoms with Crippen LogP contribution in [0.4, 0.5) is 0 Å². The van der Waals surface area contributed by atoms with Gasteiger partial charge in [0.1, 0.15) is 5.54 Å². The van der Waals surface area contributed by atoms with E-state index in [1.54, 1.807) is 10.5 Å². The molecule has 1 aromatic carbocycles. The molecule has 0 saturated heterocycles. The number of nitrogens with one attached hydrogen (secondary N) is 1. The zero-order valence-electron chi connectivity index (χ0n) is 22.9. The van der Waals surface area contributed by atoms with E-state index in [9.17, 15) is 0 Å². The van der Waals surface area contributed by atoms with E-state index in [1.165, 1.54) is 116 Å². The average molecular weight is 506 g/mol. The second kappa shape index (κ2) is 24.8. The lowest BCUT2D eigenvalue weighted by molar-refractivity contribution is -0.925. The Morgan fingerprint density at radius 2 is 0.879 bits per heavy atom. The van der Waals surface area contributed by atoms with Gasteiger partial charge in [0.05, 0.1) is 14.1 Å². The molecule has 4 heteroatoms. The smallest absolute Gasteiger partial charge is 0.123 e. The van der Waals surface area contributed by atoms with Gasteiger partial charge >= 0.3 is 0 Å². The quantitative estimate of drug-likeness (QED) is 0.256. The molecule has 198 valence electrons. The lowest BCUT2D eigenvalue weighted by Crippen LogP contribution is -3.13. The fourth-order valence-corrected chi connectivity index (χ4v) is 5.08. The highest BCUT2D eigenvalue weighted by Crippen LogP contribution is 2.30. The van der Waals surface area contributed by atoms with Gasteiger partial charge in [0.25, 0.3) is 0 Å². The van der Waals surface area contributed by atoms with Crippen molar-refractivity contribution in [3.05, 3.63) is 35.9 Å². The highest BCUT2D eigenvalue weighted by atomic mass is 35.5. The first kappa shape index (κ1) is 37.3. The molecule has 0 unspecified atom stereocenters. The van der Waals surface area contributed by atoms with Crippen LogP contribution >= 0.6 is 0 Å². The minimum absolute atomic E-state index is 0. The molecule has 5 N–H and O–H groups in total. The van der Waals surface area contributed by atoms with Crippen molar-refractivity contribution in [3.8, 4) is 0 Å². The third-order valence-electron chi connectivity index (χ3n) is 7.20. The molecule has 0 aliphatic heterocycles. The van der Waals surface area contributed by atoms with Crippen LogP contribution in [-0.2, 0) is 5.54 Å². The van der Waals surface area contributed by atoms with E-state index in [0.717, 1.165) is 0 Å². The van der Waals surface area contributed by atoms with Crippen molar-refractivity contribution in [2.24, 2.45) is 0 Å². The molecule has 0 amide bonds. The zero-order valence-corrected chi connectivity index (χ0v) is 24.4. The maximum Gasteiger partial charge on any atom is 0.123 e. The van der Waals surface area contributed by atoms with Gasteiger partial charge in [-0.3, -0.25) is 0 Å². The molecule has 1 aromatic rings. The number of quaternary nitrogens is 2. The molecular formula is C29H58Cl2N2. The fraction of sp³-hybridized carbons (Fsp3) is 0.793. The summed E-state index contributed by atoms with van der Waals surface area (Å²) in [6, 6.07) is 11.4. The molecule has 0 fully saturated rings. The van der Waals surface area contributed by atoms with Gasteiger partial charge in [-0.1, -0.05) is 134 Å². The van der Waals surface area contributed by atoms with E-state index >= 15 is 0 Å². The number of benzene rings is 1. The molecule has 0 heterocycles. The Labute approximate surface area is 220 Å². The van der Waals surface area contributed by atoms with Crippen molar-refractivity contribution in [1.29, 1.82) is 0 Å². The van der Waals surface area contributed by atoms with Gasteiger partial charge in [0.15, 0.2) is 0 Å². The molecule has 0 radical (unpaired) electrons. The molecule has 0 aliphatic carbocycles. The van der Waals surface area contributed by atoms with Crippen LogP contribution < -0.4 is 35.9 Å². The van der Waals surface area contributed by atoms with E-state index in [-0.39, 0.29) is 31.0 Å². The van der Waals surface area contributed by atoms with Crippen molar-refractivity contribution in [1.82, 2.24) is 6.15 Å². The van der Waals surface area contributed by atoms with E-state index in [4.69, 9.17) is 0 Å². The van der Waals surface area contributed by atoms with Crippen molar-refractivity contribution in [3.63, 3.8) is 0 Å². The molecular weight excluding hydrogens is 447 g/mol. The summed E-state index contributed by atoms with van der Waals surface area (Å²) in [5.41, 5.74) is 1.86. The van der Waals surface area contributed by atoms with Gasteiger partial charge in [0, 0.05) is 18.4 Å². The molecule has 0 bridgehead atoms. The zero-order chi connectivity index (χ0) is 21.9. The van der Waals surface area contributed by atoms with Crippen LogP contribution in [0, 0.1) is 0 Å². The number of hydrogen-bond acceptors (Lipinski definition) is 0. The Kier molecular flexibility index (Phi) is 28.0. The Morgan fingerprint density at radius 3 is 1.21 bits per heavy atom. The topological polar surface area (TPSA) is 40.9 Å². The predicted molar refractivity (Wildman–Crippen MR) is 141 cm³/mol. The minimum Gasteiger partial charge on any atom is -1.00 e. The van der Waals surface area contributed by atoms with E-state index in [2.05, 4.69) is 58.3 Å². The minimum atomic E-state index is 0. The summed E-state index contributed by atoms with van der Waals surface area (Å²) in [6.45, 7) is 4.61. The van der Waals surface area contributed by atoms with E-state index in [0.29, 0.717) is 5.54 Å². The fourth-order valence-electron chi connectivity index (χ4n) is 5.08. The summed E-state index contributed by atoms with van der Waals surface area (Å²) >= 11 is 0. The summed E-state index contributed by atoms with van der Waals surface area (Å²) in [5, 5.41) is 0. The van der Waals surface area contributed by atoms with Gasteiger partial charge in [-0.15, -0.1) is 0 Å². The molecule has 1 rings (SSSR count). The first-order chi connectivity index (χ1) is 14.7. The Hall–Kier alpha value is -0.280. The summed E-state index contributed by atoms with van der Waals surface area (Å²) < 4.78 is 0. The molecule has 2 nitrogen and oxygen atoms in total. The summed E-state index contributed by atoms with van der Waals surface area (Å²) in [6.07, 6.45) is 25.3. The maximum atomic E-state index is 2.39. The van der Waals surface area contributed by atoms with Gasteiger partial charge < -0.3 is 35.9 Å². The first-order valence-electron chi connectivity index (χ1n) is 13.5. The van der Waals surface area contributed by atoms with Crippen LogP contribution in [0.3, 0.4) is 0 Å². The molecule has 0 spiro atoms. The van der Waals surface area contributed by atoms with Crippen LogP contribution in [-0.4, -0.2) is 14.1 Å². The standard InChI is InChI=1S/C29H53N.2ClH.H3N/c1-5-7-9-11-13-15-17-22-26-29(30(3)4,28-24-20-19-21-25-28)27-23-18-16-14-12-10-8-6-2;;;/h19-21,24-25H,5-18,22-23,26-27H2,1-4H3;2*1H;1H3. The third-order valence-corrected chi connectivity index (χ3v) is 7.20. The van der Waals surface area contributed by atoms with Crippen LogP contribution in [0.5, 0.6) is 0 Å². The lowest BCUT2D eigenvalue weighted by Gasteiger charge is -2.38. The van der Waals surface area contributed by atoms with Gasteiger partial charge in [-0.25, -0.2) is 0 Å². The van der Waals surface area contributed by atoms with Crippen molar-refractivity contribution in [2.75, 3.05) is 14.1 Å². The summed E-state index contributed by atoms with van der Waals surface area (Å²) in [7, 11) is 4.78. The second-order valence-electron chi connectivity index (χ2n) is 9.90. The highest BCUT2D eigenvalue weighted by Gasteiger charge is 2.37. The molecule has 0 atom stereocenters. The number of halogens is 2. The number of unbranched alkanes of at least 4 members (excludes halogenated alkanes) is 14. The molecule has 0 saturated carbocycles. The van der Waals surface area contributed by atoms with Gasteiger partial charge in [-0.05, 0) is 12.8 Å². The van der Waals surface area contributed by atoms with Crippen LogP contribution in [0.25, 0.3) is 0 Å². The van der Waals surface area contributed by atoms with Crippen molar-refractivity contribution in [2.45, 2.75) is 135 Å². The molecule has 33 heavy (non-hydrogen) atoms. The normalized spacial score (nSPS) is 10.9. The Morgan fingerprint density at radius 1 is 0.545 bits per heavy atom. The Balaban J connectivity index is -0.00000300. The Bertz CT molecular complexity index is 474. The van der Waals surface area contributed by atoms with E-state index in [1.807, 2.05) is 0 Å². The monoisotopic (exact) mass is 504 g/mol. The number of rotatable bonds is 20. The van der Waals surface area contributed by atoms with E-state index < -0.39 is 0 Å². The van der Waals surface area contributed by atoms with Crippen LogP contribution in [0.2, 0.25) is 0 Å². The summed E-state index contributed by atoms with van der Waals surface area (Å²) in [5.74, 6) is 0. The highest BCUT2D eigenvalue weighted by molar-refractivity contribution is 5.22. The van der Waals surface area contributed by atoms with Crippen LogP contribution in [0.1, 0.15) is 135 Å². The predicted octanol–water partition coefficient (Wildman–Crippen LogP) is 2.47. The molecule has 0 aliphatic rings. The van der Waals surface area contributed by atoms with Gasteiger partial charge in [-0.2, -0.15) is 0 Å². The average Bonchev–Trinajstić information content (AvgIpc) is 2.76. The summed E-state index contributed by atoms with van der Waals surface area (Å²) in [4.78, 5) is 1.62. The van der Waals surface area contributed by atoms with Crippen molar-refractivity contribution >= 4 is 0 Å². The van der Waals surface area contributed by atoms with Crippen molar-refractivity contribution < 1.29 is 29.7 Å². The third kappa shape index (κ3) is 16.1. The maximum absolute atomic E-state index is 2.39. The SMILES string of the molecule is CCCCCCCCCCC(CCCCCCCCCC)(c1ccccc1)[NH+](C)C.[Cl-].[Cl-].[NH4+]. The van der Waals surface area contributed by atoms with Crippen LogP contribution in [0.15, 0.2) is 30.3 Å². The molecule has 0 aromatic heterocycles. The number of hydrogen-bond donors (Lipinski definition) is 2. The second-order valence-corrected chi connectivity index (χ2v) is 9.90. The lowest BCUT2D eigenvalue weighted by atomic mass is 9.79. The first-order valence-corrected chi connectivity index (χ1v) is 13.5. The largest absolute Gasteiger partial charge is 1.00 e.